The van der Waals surface area contributed by atoms with Gasteiger partial charge in [-0.15, -0.1) is 0 Å². The van der Waals surface area contributed by atoms with Crippen molar-refractivity contribution in [2.24, 2.45) is 5.10 Å². The average molecular weight is 474 g/mol. The van der Waals surface area contributed by atoms with Crippen LogP contribution < -0.4 is 25.1 Å². The molecule has 9 nitrogen and oxygen atoms in total. The molecule has 0 spiro atoms. The van der Waals surface area contributed by atoms with Gasteiger partial charge in [0.25, 0.3) is 0 Å². The summed E-state index contributed by atoms with van der Waals surface area (Å²) in [5.41, 5.74) is 4.24. The van der Waals surface area contributed by atoms with Crippen molar-refractivity contribution < 1.29 is 13.9 Å². The van der Waals surface area contributed by atoms with Gasteiger partial charge < -0.3 is 19.7 Å². The van der Waals surface area contributed by atoms with E-state index in [1.165, 1.54) is 12.1 Å². The topological polar surface area (TPSA) is 96.8 Å². The van der Waals surface area contributed by atoms with E-state index in [2.05, 4.69) is 46.7 Å². The molecule has 0 aliphatic carbocycles. The van der Waals surface area contributed by atoms with Gasteiger partial charge in [0, 0.05) is 29.8 Å². The molecule has 1 aromatic heterocycles. The third-order valence-electron chi connectivity index (χ3n) is 3.98. The molecule has 4 rings (SSSR count). The minimum Gasteiger partial charge on any atom is -0.454 e. The van der Waals surface area contributed by atoms with Gasteiger partial charge in [-0.3, -0.25) is 0 Å². The minimum atomic E-state index is -0.323. The molecular weight excluding hydrogens is 457 g/mol. The van der Waals surface area contributed by atoms with Crippen LogP contribution in [0.4, 0.5) is 27.9 Å². The van der Waals surface area contributed by atoms with E-state index in [0.717, 1.165) is 10.0 Å². The van der Waals surface area contributed by atoms with Crippen LogP contribution in [0.3, 0.4) is 0 Å². The Hall–Kier alpha value is -3.47. The van der Waals surface area contributed by atoms with E-state index in [-0.39, 0.29) is 18.6 Å². The van der Waals surface area contributed by atoms with Crippen molar-refractivity contribution in [1.29, 1.82) is 0 Å². The van der Waals surface area contributed by atoms with E-state index in [4.69, 9.17) is 9.47 Å². The maximum absolute atomic E-state index is 13.1. The quantitative estimate of drug-likeness (QED) is 0.412. The van der Waals surface area contributed by atoms with Gasteiger partial charge in [-0.2, -0.15) is 20.1 Å². The predicted molar refractivity (Wildman–Crippen MR) is 115 cm³/mol. The van der Waals surface area contributed by atoms with Crippen LogP contribution in [0.15, 0.2) is 46.0 Å². The number of hydrogen-bond acceptors (Lipinski definition) is 9. The van der Waals surface area contributed by atoms with E-state index >= 15 is 0 Å². The van der Waals surface area contributed by atoms with Crippen LogP contribution in [0, 0.1) is 5.82 Å². The molecule has 2 N–H and O–H groups in total. The smallest absolute Gasteiger partial charge is 0.250 e. The first-order valence-electron chi connectivity index (χ1n) is 8.82. The second kappa shape index (κ2) is 8.49. The standard InChI is InChI=1S/C19H17BrFN7O2/c1-28(2)19-25-17(23-13-5-3-12(21)4-6-13)24-18(26-19)27-22-9-11-7-15-16(8-14(11)20)30-10-29-15/h3-9H,10H2,1-2H3,(H2,23,24,25,26,27). The van der Waals surface area contributed by atoms with E-state index < -0.39 is 0 Å². The van der Waals surface area contributed by atoms with Gasteiger partial charge in [0.15, 0.2) is 11.5 Å². The number of rotatable bonds is 6. The van der Waals surface area contributed by atoms with Crippen molar-refractivity contribution >= 4 is 45.7 Å². The fourth-order valence-corrected chi connectivity index (χ4v) is 2.95. The second-order valence-corrected chi connectivity index (χ2v) is 7.26. The summed E-state index contributed by atoms with van der Waals surface area (Å²) < 4.78 is 24.7. The van der Waals surface area contributed by atoms with Crippen LogP contribution in [-0.4, -0.2) is 42.1 Å². The zero-order valence-corrected chi connectivity index (χ0v) is 17.6. The number of nitrogens with one attached hydrogen (secondary N) is 2. The molecule has 154 valence electrons. The zero-order valence-electron chi connectivity index (χ0n) is 16.1. The summed E-state index contributed by atoms with van der Waals surface area (Å²) in [7, 11) is 3.63. The van der Waals surface area contributed by atoms with E-state index in [0.29, 0.717) is 29.1 Å². The number of fused-ring (bicyclic) bond motifs is 1. The fraction of sp³-hybridized carbons (Fsp3) is 0.158. The Morgan fingerprint density at radius 2 is 1.77 bits per heavy atom. The summed E-state index contributed by atoms with van der Waals surface area (Å²) in [5.74, 6) is 1.97. The average Bonchev–Trinajstić information content (AvgIpc) is 3.17. The Bertz CT molecular complexity index is 1090. The monoisotopic (exact) mass is 473 g/mol. The van der Waals surface area contributed by atoms with E-state index in [9.17, 15) is 4.39 Å². The number of hydrazone groups is 1. The lowest BCUT2D eigenvalue weighted by molar-refractivity contribution is 0.174. The van der Waals surface area contributed by atoms with Crippen LogP contribution in [0.25, 0.3) is 0 Å². The van der Waals surface area contributed by atoms with Gasteiger partial charge >= 0.3 is 0 Å². The number of ether oxygens (including phenoxy) is 2. The fourth-order valence-electron chi connectivity index (χ4n) is 2.52. The van der Waals surface area contributed by atoms with Crippen LogP contribution >= 0.6 is 15.9 Å². The van der Waals surface area contributed by atoms with Gasteiger partial charge in [-0.25, -0.2) is 9.82 Å². The molecule has 0 bridgehead atoms. The first kappa shape index (κ1) is 19.8. The molecule has 0 amide bonds. The largest absolute Gasteiger partial charge is 0.454 e. The minimum absolute atomic E-state index is 0.197. The third kappa shape index (κ3) is 4.57. The molecule has 0 radical (unpaired) electrons. The first-order chi connectivity index (χ1) is 14.5. The summed E-state index contributed by atoms with van der Waals surface area (Å²) in [6.45, 7) is 0.197. The lowest BCUT2D eigenvalue weighted by Gasteiger charge is -2.13. The molecule has 0 atom stereocenters. The molecule has 0 fully saturated rings. The maximum Gasteiger partial charge on any atom is 0.250 e. The number of hydrogen-bond donors (Lipinski definition) is 2. The summed E-state index contributed by atoms with van der Waals surface area (Å²) in [4.78, 5) is 14.7. The maximum atomic E-state index is 13.1. The summed E-state index contributed by atoms with van der Waals surface area (Å²) in [6.07, 6.45) is 1.61. The van der Waals surface area contributed by atoms with Gasteiger partial charge in [0.1, 0.15) is 5.82 Å². The van der Waals surface area contributed by atoms with Crippen molar-refractivity contribution in [3.8, 4) is 11.5 Å². The molecule has 3 aromatic rings. The summed E-state index contributed by atoms with van der Waals surface area (Å²) in [5, 5.41) is 7.24. The third-order valence-corrected chi connectivity index (χ3v) is 4.67. The molecule has 2 heterocycles. The number of halogens is 2. The van der Waals surface area contributed by atoms with Crippen LogP contribution in [0.2, 0.25) is 0 Å². The van der Waals surface area contributed by atoms with E-state index in [1.54, 1.807) is 23.2 Å². The highest BCUT2D eigenvalue weighted by Gasteiger charge is 2.15. The molecule has 30 heavy (non-hydrogen) atoms. The van der Waals surface area contributed by atoms with Gasteiger partial charge in [0.05, 0.1) is 6.21 Å². The van der Waals surface area contributed by atoms with Gasteiger partial charge in [-0.05, 0) is 52.3 Å². The SMILES string of the molecule is CN(C)c1nc(NN=Cc2cc3c(cc2Br)OCO3)nc(Nc2ccc(F)cc2)n1. The lowest BCUT2D eigenvalue weighted by Crippen LogP contribution is -2.15. The number of anilines is 4. The normalized spacial score (nSPS) is 12.3. The molecular formula is C19H17BrFN7O2. The van der Waals surface area contributed by atoms with Crippen LogP contribution in [0.1, 0.15) is 5.56 Å². The van der Waals surface area contributed by atoms with Crippen molar-refractivity contribution in [3.05, 3.63) is 52.3 Å². The zero-order chi connectivity index (χ0) is 21.1. The number of benzene rings is 2. The van der Waals surface area contributed by atoms with Crippen LogP contribution in [0.5, 0.6) is 11.5 Å². The van der Waals surface area contributed by atoms with Gasteiger partial charge in [0.2, 0.25) is 24.6 Å². The molecule has 0 unspecified atom stereocenters. The first-order valence-corrected chi connectivity index (χ1v) is 9.61. The predicted octanol–water partition coefficient (Wildman–Crippen LogP) is 3.76. The number of nitrogens with zero attached hydrogens (tertiary/aromatic N) is 5. The highest BCUT2D eigenvalue weighted by Crippen LogP contribution is 2.36. The van der Waals surface area contributed by atoms with E-state index in [1.807, 2.05) is 26.2 Å². The highest BCUT2D eigenvalue weighted by molar-refractivity contribution is 9.10. The second-order valence-electron chi connectivity index (χ2n) is 6.41. The Balaban J connectivity index is 1.54. The molecule has 0 saturated heterocycles. The Kier molecular flexibility index (Phi) is 5.61. The molecule has 1 aliphatic heterocycles. The van der Waals surface area contributed by atoms with Crippen molar-refractivity contribution in [2.75, 3.05) is 36.5 Å². The van der Waals surface area contributed by atoms with Crippen molar-refractivity contribution in [3.63, 3.8) is 0 Å². The molecule has 0 saturated carbocycles. The number of aromatic nitrogens is 3. The summed E-state index contributed by atoms with van der Waals surface area (Å²) >= 11 is 3.48. The molecule has 2 aromatic carbocycles. The summed E-state index contributed by atoms with van der Waals surface area (Å²) in [6, 6.07) is 9.53. The Morgan fingerprint density at radius 3 is 2.50 bits per heavy atom. The lowest BCUT2D eigenvalue weighted by atomic mass is 10.2. The Morgan fingerprint density at radius 1 is 1.07 bits per heavy atom. The molecule has 11 heteroatoms. The van der Waals surface area contributed by atoms with Crippen molar-refractivity contribution in [1.82, 2.24) is 15.0 Å². The van der Waals surface area contributed by atoms with Gasteiger partial charge in [-0.1, -0.05) is 0 Å². The molecule has 1 aliphatic rings. The van der Waals surface area contributed by atoms with Crippen LogP contribution in [-0.2, 0) is 0 Å². The highest BCUT2D eigenvalue weighted by atomic mass is 79.9. The van der Waals surface area contributed by atoms with Crippen molar-refractivity contribution in [2.45, 2.75) is 0 Å². The Labute approximate surface area is 180 Å².